The molecule has 8 nitrogen and oxygen atoms in total. The minimum absolute atomic E-state index is 0. The summed E-state index contributed by atoms with van der Waals surface area (Å²) in [5, 5.41) is 10.5. The molecule has 0 aliphatic rings. The van der Waals surface area contributed by atoms with Gasteiger partial charge in [0, 0.05) is 33.1 Å². The number of methoxy groups -OCH3 is 1. The Labute approximate surface area is 187 Å². The lowest BCUT2D eigenvalue weighted by Gasteiger charge is -2.22. The Bertz CT molecular complexity index is 877. The third-order valence-electron chi connectivity index (χ3n) is 4.16. The van der Waals surface area contributed by atoms with Crippen molar-refractivity contribution in [3.63, 3.8) is 0 Å². The predicted octanol–water partition coefficient (Wildman–Crippen LogP) is 3.33. The zero-order chi connectivity index (χ0) is 19.8. The van der Waals surface area contributed by atoms with E-state index in [4.69, 9.17) is 14.1 Å². The minimum Gasteiger partial charge on any atom is -0.497 e. The van der Waals surface area contributed by atoms with Gasteiger partial charge in [0.05, 0.1) is 13.4 Å². The van der Waals surface area contributed by atoms with Crippen LogP contribution in [0, 0.1) is 0 Å². The van der Waals surface area contributed by atoms with Crippen LogP contribution >= 0.6 is 24.0 Å². The molecular weight excluding hydrogens is 483 g/mol. The van der Waals surface area contributed by atoms with Crippen molar-refractivity contribution < 1.29 is 9.15 Å². The van der Waals surface area contributed by atoms with Crippen LogP contribution < -0.4 is 10.1 Å². The number of hydrogen-bond acceptors (Lipinski definition) is 5. The summed E-state index contributed by atoms with van der Waals surface area (Å²) in [5.74, 6) is 3.70. The number of aromatic amines is 1. The average Bonchev–Trinajstić information content (AvgIpc) is 3.39. The maximum atomic E-state index is 5.31. The zero-order valence-electron chi connectivity index (χ0n) is 16.9. The van der Waals surface area contributed by atoms with E-state index in [1.165, 1.54) is 5.56 Å². The van der Waals surface area contributed by atoms with Gasteiger partial charge in [0.15, 0.2) is 11.7 Å². The number of aromatic nitrogens is 3. The molecule has 2 N–H and O–H groups in total. The number of ether oxygens (including phenoxy) is 1. The van der Waals surface area contributed by atoms with Crippen molar-refractivity contribution in [2.75, 3.05) is 27.2 Å². The first-order valence-electron chi connectivity index (χ1n) is 9.27. The molecule has 0 fully saturated rings. The normalized spacial score (nSPS) is 11.1. The fourth-order valence-electron chi connectivity index (χ4n) is 2.74. The van der Waals surface area contributed by atoms with Crippen LogP contribution in [0.15, 0.2) is 52.1 Å². The van der Waals surface area contributed by atoms with Gasteiger partial charge in [-0.1, -0.05) is 12.1 Å². The van der Waals surface area contributed by atoms with Crippen LogP contribution in [0.5, 0.6) is 5.75 Å². The van der Waals surface area contributed by atoms with E-state index in [1.54, 1.807) is 13.4 Å². The van der Waals surface area contributed by atoms with Crippen LogP contribution in [0.2, 0.25) is 0 Å². The molecule has 2 heterocycles. The molecule has 1 aromatic carbocycles. The average molecular weight is 510 g/mol. The van der Waals surface area contributed by atoms with E-state index in [2.05, 4.69) is 44.5 Å². The van der Waals surface area contributed by atoms with E-state index < -0.39 is 0 Å². The highest BCUT2D eigenvalue weighted by molar-refractivity contribution is 14.0. The topological polar surface area (TPSA) is 91.6 Å². The van der Waals surface area contributed by atoms with E-state index in [1.807, 2.05) is 31.3 Å². The molecule has 0 spiro atoms. The number of nitrogens with zero attached hydrogens (tertiary/aromatic N) is 4. The van der Waals surface area contributed by atoms with Gasteiger partial charge < -0.3 is 19.4 Å². The molecule has 0 amide bonds. The second-order valence-corrected chi connectivity index (χ2v) is 6.27. The zero-order valence-corrected chi connectivity index (χ0v) is 19.2. The van der Waals surface area contributed by atoms with Crippen LogP contribution in [0.4, 0.5) is 0 Å². The van der Waals surface area contributed by atoms with Crippen molar-refractivity contribution in [1.82, 2.24) is 25.4 Å². The Morgan fingerprint density at radius 3 is 2.72 bits per heavy atom. The first-order valence-corrected chi connectivity index (χ1v) is 9.27. The third-order valence-corrected chi connectivity index (χ3v) is 4.16. The summed E-state index contributed by atoms with van der Waals surface area (Å²) in [4.78, 5) is 11.3. The van der Waals surface area contributed by atoms with Gasteiger partial charge >= 0.3 is 0 Å². The lowest BCUT2D eigenvalue weighted by atomic mass is 10.2. The number of halogens is 1. The van der Waals surface area contributed by atoms with E-state index in [-0.39, 0.29) is 24.0 Å². The molecule has 3 rings (SSSR count). The molecule has 0 bridgehead atoms. The van der Waals surface area contributed by atoms with Crippen LogP contribution in [0.25, 0.3) is 11.6 Å². The highest BCUT2D eigenvalue weighted by Gasteiger charge is 2.09. The van der Waals surface area contributed by atoms with E-state index in [0.717, 1.165) is 30.6 Å². The summed E-state index contributed by atoms with van der Waals surface area (Å²) in [5.41, 5.74) is 1.19. The number of H-pyrrole nitrogens is 1. The van der Waals surface area contributed by atoms with Crippen molar-refractivity contribution in [2.45, 2.75) is 19.9 Å². The fourth-order valence-corrected chi connectivity index (χ4v) is 2.74. The number of nitrogens with one attached hydrogen (secondary N) is 2. The van der Waals surface area contributed by atoms with E-state index >= 15 is 0 Å². The molecule has 0 atom stereocenters. The van der Waals surface area contributed by atoms with Crippen molar-refractivity contribution in [1.29, 1.82) is 0 Å². The highest BCUT2D eigenvalue weighted by Crippen LogP contribution is 2.15. The molecule has 0 saturated heterocycles. The summed E-state index contributed by atoms with van der Waals surface area (Å²) in [6.45, 7) is 4.21. The van der Waals surface area contributed by atoms with Gasteiger partial charge in [0.1, 0.15) is 11.6 Å². The van der Waals surface area contributed by atoms with E-state index in [0.29, 0.717) is 24.6 Å². The number of furan rings is 1. The van der Waals surface area contributed by atoms with Crippen molar-refractivity contribution in [3.05, 3.63) is 54.0 Å². The predicted molar refractivity (Wildman–Crippen MR) is 124 cm³/mol. The first-order chi connectivity index (χ1) is 13.7. The number of aliphatic imine (C=N–C) groups is 1. The van der Waals surface area contributed by atoms with Gasteiger partial charge in [-0.2, -0.15) is 5.10 Å². The Hall–Kier alpha value is -2.56. The molecule has 3 aromatic rings. The molecule has 0 aliphatic carbocycles. The van der Waals surface area contributed by atoms with Crippen molar-refractivity contribution in [3.8, 4) is 17.3 Å². The second kappa shape index (κ2) is 11.4. The summed E-state index contributed by atoms with van der Waals surface area (Å²) < 4.78 is 10.5. The van der Waals surface area contributed by atoms with Crippen molar-refractivity contribution >= 4 is 29.9 Å². The molecule has 29 heavy (non-hydrogen) atoms. The smallest absolute Gasteiger partial charge is 0.216 e. The third kappa shape index (κ3) is 6.48. The Balaban J connectivity index is 0.00000300. The van der Waals surface area contributed by atoms with Crippen LogP contribution in [0.1, 0.15) is 18.3 Å². The standard InChI is InChI=1S/C20H26N6O2.HI/c1-4-21-20(26(2)14-15-7-9-16(27-3)10-8-15)22-12-11-18-23-19(25-24-18)17-6-5-13-28-17;/h5-10,13H,4,11-12,14H2,1-3H3,(H,21,22)(H,23,24,25);1H. The maximum Gasteiger partial charge on any atom is 0.216 e. The Kier molecular flexibility index (Phi) is 8.97. The molecule has 0 saturated carbocycles. The van der Waals surface area contributed by atoms with Gasteiger partial charge in [0.2, 0.25) is 5.82 Å². The number of rotatable bonds is 8. The molecule has 156 valence electrons. The first kappa shape index (κ1) is 22.7. The molecule has 0 radical (unpaired) electrons. The van der Waals surface area contributed by atoms with Gasteiger partial charge in [0.25, 0.3) is 0 Å². The molecule has 9 heteroatoms. The van der Waals surface area contributed by atoms with Gasteiger partial charge in [-0.15, -0.1) is 24.0 Å². The van der Waals surface area contributed by atoms with Gasteiger partial charge in [-0.25, -0.2) is 4.98 Å². The quantitative estimate of drug-likeness (QED) is 0.275. The number of hydrogen-bond donors (Lipinski definition) is 2. The van der Waals surface area contributed by atoms with Gasteiger partial charge in [-0.05, 0) is 36.8 Å². The molecular formula is C20H27IN6O2. The number of benzene rings is 1. The fraction of sp³-hybridized carbons (Fsp3) is 0.350. The molecule has 2 aromatic heterocycles. The summed E-state index contributed by atoms with van der Waals surface area (Å²) in [6.07, 6.45) is 2.27. The molecule has 0 aliphatic heterocycles. The van der Waals surface area contributed by atoms with Crippen LogP contribution in [0.3, 0.4) is 0 Å². The van der Waals surface area contributed by atoms with E-state index in [9.17, 15) is 0 Å². The largest absolute Gasteiger partial charge is 0.497 e. The lowest BCUT2D eigenvalue weighted by molar-refractivity contribution is 0.414. The summed E-state index contributed by atoms with van der Waals surface area (Å²) >= 11 is 0. The summed E-state index contributed by atoms with van der Waals surface area (Å²) in [6, 6.07) is 11.7. The highest BCUT2D eigenvalue weighted by atomic mass is 127. The monoisotopic (exact) mass is 510 g/mol. The van der Waals surface area contributed by atoms with Crippen LogP contribution in [-0.4, -0.2) is 53.3 Å². The van der Waals surface area contributed by atoms with Gasteiger partial charge in [-0.3, -0.25) is 10.1 Å². The SMILES string of the molecule is CCNC(=NCCc1nc(-c2ccco2)n[nH]1)N(C)Cc1ccc(OC)cc1.I. The Morgan fingerprint density at radius 2 is 2.07 bits per heavy atom. The summed E-state index contributed by atoms with van der Waals surface area (Å²) in [7, 11) is 3.69. The Morgan fingerprint density at radius 1 is 1.28 bits per heavy atom. The minimum atomic E-state index is 0. The van der Waals surface area contributed by atoms with Crippen molar-refractivity contribution in [2.24, 2.45) is 4.99 Å². The lowest BCUT2D eigenvalue weighted by Crippen LogP contribution is -2.38. The maximum absolute atomic E-state index is 5.31. The van der Waals surface area contributed by atoms with Crippen LogP contribution in [-0.2, 0) is 13.0 Å². The number of guanidine groups is 1. The molecule has 0 unspecified atom stereocenters. The second-order valence-electron chi connectivity index (χ2n) is 6.27.